The third kappa shape index (κ3) is 7.16. The molecule has 1 nitrogen and oxygen atoms in total. The molecule has 0 spiro atoms. The zero-order chi connectivity index (χ0) is 28.5. The highest BCUT2D eigenvalue weighted by Crippen LogP contribution is 2.40. The molecule has 214 valence electrons. The van der Waals surface area contributed by atoms with Crippen LogP contribution in [0, 0.1) is 29.2 Å². The van der Waals surface area contributed by atoms with Crippen LogP contribution >= 0.6 is 0 Å². The Hall–Kier alpha value is -3.08. The van der Waals surface area contributed by atoms with Gasteiger partial charge in [0.25, 0.3) is 0 Å². The number of halogens is 4. The molecule has 1 aliphatic rings. The van der Waals surface area contributed by atoms with Crippen molar-refractivity contribution < 1.29 is 22.3 Å². The third-order valence-electron chi connectivity index (χ3n) is 8.19. The molecule has 1 saturated carbocycles. The molecule has 5 heteroatoms. The number of hydrogen-bond acceptors (Lipinski definition) is 1. The second kappa shape index (κ2) is 14.5. The van der Waals surface area contributed by atoms with E-state index in [2.05, 4.69) is 19.1 Å². The van der Waals surface area contributed by atoms with Gasteiger partial charge in [0.15, 0.2) is 23.2 Å². The van der Waals surface area contributed by atoms with Crippen LogP contribution in [-0.4, -0.2) is 6.61 Å². The molecule has 0 amide bonds. The number of unbranched alkanes of at least 4 members (excludes halogenated alkanes) is 3. The van der Waals surface area contributed by atoms with Gasteiger partial charge in [-0.3, -0.25) is 0 Å². The Morgan fingerprint density at radius 3 is 1.98 bits per heavy atom. The number of benzene rings is 3. The van der Waals surface area contributed by atoms with E-state index in [4.69, 9.17) is 4.74 Å². The van der Waals surface area contributed by atoms with E-state index in [9.17, 15) is 8.78 Å². The van der Waals surface area contributed by atoms with Crippen LogP contribution in [0.3, 0.4) is 0 Å². The van der Waals surface area contributed by atoms with Crippen molar-refractivity contribution in [2.75, 3.05) is 6.61 Å². The van der Waals surface area contributed by atoms with Crippen LogP contribution in [0.1, 0.15) is 89.5 Å². The van der Waals surface area contributed by atoms with Crippen LogP contribution in [-0.2, 0) is 0 Å². The predicted molar refractivity (Wildman–Crippen MR) is 156 cm³/mol. The first-order valence-corrected chi connectivity index (χ1v) is 14.7. The van der Waals surface area contributed by atoms with Gasteiger partial charge in [0.05, 0.1) is 6.61 Å². The monoisotopic (exact) mass is 552 g/mol. The number of ether oxygens (including phenoxy) is 1. The molecule has 0 radical (unpaired) electrons. The number of rotatable bonds is 12. The van der Waals surface area contributed by atoms with Gasteiger partial charge in [-0.1, -0.05) is 74.7 Å². The zero-order valence-corrected chi connectivity index (χ0v) is 23.6. The molecule has 0 aliphatic heterocycles. The van der Waals surface area contributed by atoms with Gasteiger partial charge in [-0.25, -0.2) is 13.2 Å². The van der Waals surface area contributed by atoms with Crippen molar-refractivity contribution in [3.8, 4) is 28.0 Å². The fourth-order valence-corrected chi connectivity index (χ4v) is 5.77. The molecule has 0 N–H and O–H groups in total. The van der Waals surface area contributed by atoms with Crippen molar-refractivity contribution in [1.82, 2.24) is 0 Å². The van der Waals surface area contributed by atoms with E-state index in [1.165, 1.54) is 12.1 Å². The van der Waals surface area contributed by atoms with E-state index in [0.717, 1.165) is 64.2 Å². The summed E-state index contributed by atoms with van der Waals surface area (Å²) in [6, 6.07) is 12.7. The van der Waals surface area contributed by atoms with Gasteiger partial charge in [0.2, 0.25) is 5.82 Å². The summed E-state index contributed by atoms with van der Waals surface area (Å²) in [5.74, 6) is -3.07. The summed E-state index contributed by atoms with van der Waals surface area (Å²) in [7, 11) is 0. The van der Waals surface area contributed by atoms with Gasteiger partial charge in [-0.15, -0.1) is 0 Å². The Balaban J connectivity index is 1.44. The fourth-order valence-electron chi connectivity index (χ4n) is 5.77. The van der Waals surface area contributed by atoms with Gasteiger partial charge in [-0.2, -0.15) is 4.39 Å². The maximum absolute atomic E-state index is 15.2. The number of hydrogen-bond donors (Lipinski definition) is 0. The minimum absolute atomic E-state index is 0.0325. The average molecular weight is 553 g/mol. The van der Waals surface area contributed by atoms with Crippen LogP contribution in [0.4, 0.5) is 17.6 Å². The second-order valence-electron chi connectivity index (χ2n) is 10.9. The molecule has 0 unspecified atom stereocenters. The maximum atomic E-state index is 15.2. The molecular weight excluding hydrogens is 512 g/mol. The summed E-state index contributed by atoms with van der Waals surface area (Å²) in [4.78, 5) is 0. The lowest BCUT2D eigenvalue weighted by atomic mass is 9.77. The fraction of sp³-hybridized carbons (Fsp3) is 0.429. The normalized spacial score (nSPS) is 17.4. The van der Waals surface area contributed by atoms with Crippen molar-refractivity contribution in [2.45, 2.75) is 84.0 Å². The highest BCUT2D eigenvalue weighted by molar-refractivity contribution is 5.72. The van der Waals surface area contributed by atoms with E-state index in [1.54, 1.807) is 36.4 Å². The van der Waals surface area contributed by atoms with Crippen LogP contribution in [0.2, 0.25) is 0 Å². The van der Waals surface area contributed by atoms with Crippen LogP contribution < -0.4 is 4.74 Å². The minimum Gasteiger partial charge on any atom is -0.490 e. The molecule has 0 heterocycles. The molecule has 4 rings (SSSR count). The number of allylic oxidation sites excluding steroid dienone is 2. The molecule has 0 aromatic heterocycles. The van der Waals surface area contributed by atoms with Crippen molar-refractivity contribution in [3.63, 3.8) is 0 Å². The minimum atomic E-state index is -1.02. The molecule has 1 aliphatic carbocycles. The topological polar surface area (TPSA) is 9.23 Å². The molecule has 1 fully saturated rings. The van der Waals surface area contributed by atoms with Crippen molar-refractivity contribution in [2.24, 2.45) is 5.92 Å². The standard InChI is InChI=1S/C35H40F4O/c1-3-5-7-9-23-40-31-22-21-30(34(38)35(31)39)27-17-15-26(16-18-27)29-20-19-28(32(36)33(29)37)25-13-11-24(12-14-25)10-8-6-4-2/h4,6,15-22,24-25H,3,5,7-14,23H2,1-2H3/b6-4+. The Morgan fingerprint density at radius 2 is 1.35 bits per heavy atom. The van der Waals surface area contributed by atoms with Crippen molar-refractivity contribution >= 4 is 0 Å². The summed E-state index contributed by atoms with van der Waals surface area (Å²) in [6.45, 7) is 4.47. The SMILES string of the molecule is C/C=C/CCC1CCC(c2ccc(-c3ccc(-c4ccc(OCCCCCC)c(F)c4F)cc3)c(F)c2F)CC1. The van der Waals surface area contributed by atoms with Crippen LogP contribution in [0.15, 0.2) is 60.7 Å². The van der Waals surface area contributed by atoms with Gasteiger partial charge in [0, 0.05) is 11.1 Å². The zero-order valence-electron chi connectivity index (χ0n) is 23.6. The lowest BCUT2D eigenvalue weighted by molar-refractivity contribution is 0.285. The van der Waals surface area contributed by atoms with Crippen LogP contribution in [0.25, 0.3) is 22.3 Å². The Kier molecular flexibility index (Phi) is 10.9. The molecule has 0 bridgehead atoms. The van der Waals surface area contributed by atoms with Gasteiger partial charge >= 0.3 is 0 Å². The summed E-state index contributed by atoms with van der Waals surface area (Å²) in [5.41, 5.74) is 1.62. The van der Waals surface area contributed by atoms with Crippen molar-refractivity contribution in [3.05, 3.63) is 89.5 Å². The Bertz CT molecular complexity index is 1270. The summed E-state index contributed by atoms with van der Waals surface area (Å²) >= 11 is 0. The molecule has 40 heavy (non-hydrogen) atoms. The smallest absolute Gasteiger partial charge is 0.201 e. The largest absolute Gasteiger partial charge is 0.490 e. The third-order valence-corrected chi connectivity index (χ3v) is 8.19. The molecule has 0 atom stereocenters. The quantitative estimate of drug-likeness (QED) is 0.123. The summed E-state index contributed by atoms with van der Waals surface area (Å²) in [5, 5.41) is 0. The van der Waals surface area contributed by atoms with E-state index in [1.807, 2.05) is 6.92 Å². The molecule has 0 saturated heterocycles. The van der Waals surface area contributed by atoms with Gasteiger partial charge < -0.3 is 4.74 Å². The first kappa shape index (κ1) is 29.9. The summed E-state index contributed by atoms with van der Waals surface area (Å²) < 4.78 is 65.4. The molecule has 3 aromatic carbocycles. The highest BCUT2D eigenvalue weighted by Gasteiger charge is 2.26. The highest BCUT2D eigenvalue weighted by atomic mass is 19.2. The lowest BCUT2D eigenvalue weighted by Gasteiger charge is -2.29. The molecule has 3 aromatic rings. The average Bonchev–Trinajstić information content (AvgIpc) is 2.97. The van der Waals surface area contributed by atoms with E-state index < -0.39 is 23.3 Å². The second-order valence-corrected chi connectivity index (χ2v) is 10.9. The predicted octanol–water partition coefficient (Wildman–Crippen LogP) is 11.2. The van der Waals surface area contributed by atoms with Gasteiger partial charge in [0.1, 0.15) is 0 Å². The first-order valence-electron chi connectivity index (χ1n) is 14.7. The lowest BCUT2D eigenvalue weighted by Crippen LogP contribution is -2.15. The maximum Gasteiger partial charge on any atom is 0.201 e. The first-order chi connectivity index (χ1) is 19.4. The summed E-state index contributed by atoms with van der Waals surface area (Å²) in [6.07, 6.45) is 14.2. The van der Waals surface area contributed by atoms with Gasteiger partial charge in [-0.05, 0) is 92.5 Å². The Labute approximate surface area is 236 Å². The van der Waals surface area contributed by atoms with E-state index in [-0.39, 0.29) is 22.8 Å². The van der Waals surface area contributed by atoms with E-state index >= 15 is 8.78 Å². The molecular formula is C35H40F4O. The van der Waals surface area contributed by atoms with E-state index in [0.29, 0.717) is 29.2 Å². The van der Waals surface area contributed by atoms with Crippen molar-refractivity contribution in [1.29, 1.82) is 0 Å². The Morgan fingerprint density at radius 1 is 0.725 bits per heavy atom. The van der Waals surface area contributed by atoms with Crippen LogP contribution in [0.5, 0.6) is 5.75 Å².